The molecule has 1 atom stereocenters. The highest BCUT2D eigenvalue weighted by molar-refractivity contribution is 7.89. The van der Waals surface area contributed by atoms with Gasteiger partial charge in [-0.15, -0.1) is 0 Å². The van der Waals surface area contributed by atoms with Crippen molar-refractivity contribution in [1.82, 2.24) is 4.31 Å². The van der Waals surface area contributed by atoms with Crippen molar-refractivity contribution < 1.29 is 13.2 Å². The molecule has 2 saturated heterocycles. The van der Waals surface area contributed by atoms with E-state index in [9.17, 15) is 8.42 Å². The maximum Gasteiger partial charge on any atom is 0.216 e. The highest BCUT2D eigenvalue weighted by Crippen LogP contribution is 2.23. The number of rotatable bonds is 5. The van der Waals surface area contributed by atoms with Crippen LogP contribution in [0.25, 0.3) is 0 Å². The number of ether oxygens (including phenoxy) is 1. The standard InChI is InChI=1S/C12H24N2O3S/c13-6-3-11-4-7-14(8-5-11)18(15,16)10-12-2-1-9-17-12/h11-12H,1-10,13H2. The molecule has 2 heterocycles. The molecule has 18 heavy (non-hydrogen) atoms. The molecule has 1 unspecified atom stereocenters. The summed E-state index contributed by atoms with van der Waals surface area (Å²) in [6.45, 7) is 2.71. The van der Waals surface area contributed by atoms with Crippen molar-refractivity contribution in [2.75, 3.05) is 32.0 Å². The fourth-order valence-corrected chi connectivity index (χ4v) is 4.54. The van der Waals surface area contributed by atoms with Gasteiger partial charge in [-0.2, -0.15) is 0 Å². The molecule has 0 aromatic heterocycles. The second-order valence-electron chi connectivity index (χ2n) is 5.33. The molecule has 6 heteroatoms. The summed E-state index contributed by atoms with van der Waals surface area (Å²) in [7, 11) is -3.13. The largest absolute Gasteiger partial charge is 0.377 e. The first kappa shape index (κ1) is 14.2. The zero-order valence-electron chi connectivity index (χ0n) is 10.9. The number of piperidine rings is 1. The van der Waals surface area contributed by atoms with Gasteiger partial charge in [-0.05, 0) is 44.6 Å². The Balaban J connectivity index is 1.83. The quantitative estimate of drug-likeness (QED) is 0.796. The summed E-state index contributed by atoms with van der Waals surface area (Å²) in [4.78, 5) is 0. The molecule has 106 valence electrons. The van der Waals surface area contributed by atoms with Gasteiger partial charge in [0.1, 0.15) is 0 Å². The minimum Gasteiger partial charge on any atom is -0.377 e. The third-order valence-electron chi connectivity index (χ3n) is 3.96. The number of sulfonamides is 1. The molecule has 2 aliphatic rings. The van der Waals surface area contributed by atoms with Crippen LogP contribution in [0.5, 0.6) is 0 Å². The van der Waals surface area contributed by atoms with Gasteiger partial charge in [0.25, 0.3) is 0 Å². The second kappa shape index (κ2) is 6.32. The monoisotopic (exact) mass is 276 g/mol. The van der Waals surface area contributed by atoms with Crippen molar-refractivity contribution in [1.29, 1.82) is 0 Å². The van der Waals surface area contributed by atoms with Crippen LogP contribution in [-0.4, -0.2) is 50.8 Å². The maximum atomic E-state index is 12.2. The topological polar surface area (TPSA) is 72.6 Å². The van der Waals surface area contributed by atoms with Crippen LogP contribution in [0.3, 0.4) is 0 Å². The molecule has 2 fully saturated rings. The highest BCUT2D eigenvalue weighted by atomic mass is 32.2. The highest BCUT2D eigenvalue weighted by Gasteiger charge is 2.31. The van der Waals surface area contributed by atoms with Crippen LogP contribution in [-0.2, 0) is 14.8 Å². The smallest absolute Gasteiger partial charge is 0.216 e. The van der Waals surface area contributed by atoms with Crippen molar-refractivity contribution >= 4 is 10.0 Å². The predicted octanol–water partition coefficient (Wildman–Crippen LogP) is 0.556. The number of hydrogen-bond acceptors (Lipinski definition) is 4. The van der Waals surface area contributed by atoms with E-state index < -0.39 is 10.0 Å². The van der Waals surface area contributed by atoms with Crippen LogP contribution in [0, 0.1) is 5.92 Å². The summed E-state index contributed by atoms with van der Waals surface area (Å²) in [5.74, 6) is 0.762. The van der Waals surface area contributed by atoms with E-state index in [0.29, 0.717) is 32.2 Å². The van der Waals surface area contributed by atoms with Crippen LogP contribution in [0.2, 0.25) is 0 Å². The van der Waals surface area contributed by atoms with Gasteiger partial charge in [0, 0.05) is 19.7 Å². The van der Waals surface area contributed by atoms with Gasteiger partial charge < -0.3 is 10.5 Å². The summed E-state index contributed by atoms with van der Waals surface area (Å²) >= 11 is 0. The molecule has 5 nitrogen and oxygen atoms in total. The molecule has 0 aromatic rings. The fourth-order valence-electron chi connectivity index (χ4n) is 2.83. The van der Waals surface area contributed by atoms with Gasteiger partial charge in [0.15, 0.2) is 0 Å². The molecule has 2 aliphatic heterocycles. The van der Waals surface area contributed by atoms with E-state index in [1.807, 2.05) is 0 Å². The van der Waals surface area contributed by atoms with Crippen LogP contribution in [0.4, 0.5) is 0 Å². The van der Waals surface area contributed by atoms with Crippen molar-refractivity contribution in [3.05, 3.63) is 0 Å². The lowest BCUT2D eigenvalue weighted by Gasteiger charge is -2.31. The molecule has 0 aromatic carbocycles. The predicted molar refractivity (Wildman–Crippen MR) is 70.7 cm³/mol. The molecule has 0 amide bonds. The van der Waals surface area contributed by atoms with Crippen LogP contribution in [0.15, 0.2) is 0 Å². The summed E-state index contributed by atoms with van der Waals surface area (Å²) in [6.07, 6.45) is 4.68. The van der Waals surface area contributed by atoms with E-state index in [0.717, 1.165) is 32.1 Å². The van der Waals surface area contributed by atoms with Crippen LogP contribution in [0.1, 0.15) is 32.1 Å². The molecule has 2 rings (SSSR count). The van der Waals surface area contributed by atoms with E-state index in [2.05, 4.69) is 0 Å². The second-order valence-corrected chi connectivity index (χ2v) is 7.35. The average molecular weight is 276 g/mol. The number of nitrogens with zero attached hydrogens (tertiary/aromatic N) is 1. The summed E-state index contributed by atoms with van der Waals surface area (Å²) < 4.78 is 31.5. The van der Waals surface area contributed by atoms with E-state index in [-0.39, 0.29) is 11.9 Å². The first-order chi connectivity index (χ1) is 8.62. The first-order valence-corrected chi connectivity index (χ1v) is 8.52. The molecular formula is C12H24N2O3S. The van der Waals surface area contributed by atoms with Crippen molar-refractivity contribution in [2.45, 2.75) is 38.2 Å². The first-order valence-electron chi connectivity index (χ1n) is 6.91. The summed E-state index contributed by atoms with van der Waals surface area (Å²) in [6, 6.07) is 0. The van der Waals surface area contributed by atoms with Gasteiger partial charge >= 0.3 is 0 Å². The van der Waals surface area contributed by atoms with Crippen molar-refractivity contribution in [3.63, 3.8) is 0 Å². The Kier molecular flexibility index (Phi) is 5.00. The van der Waals surface area contributed by atoms with E-state index in [4.69, 9.17) is 10.5 Å². The zero-order chi connectivity index (χ0) is 13.0. The van der Waals surface area contributed by atoms with Crippen LogP contribution >= 0.6 is 0 Å². The SMILES string of the molecule is NCCC1CCN(S(=O)(=O)CC2CCCO2)CC1. The maximum absolute atomic E-state index is 12.2. The Bertz CT molecular complexity index is 344. The van der Waals surface area contributed by atoms with E-state index >= 15 is 0 Å². The molecule has 0 aliphatic carbocycles. The summed E-state index contributed by atoms with van der Waals surface area (Å²) in [5, 5.41) is 0. The van der Waals surface area contributed by atoms with E-state index in [1.165, 1.54) is 0 Å². The molecular weight excluding hydrogens is 252 g/mol. The summed E-state index contributed by atoms with van der Waals surface area (Å²) in [5.41, 5.74) is 5.54. The Labute approximate surface area is 110 Å². The van der Waals surface area contributed by atoms with E-state index in [1.54, 1.807) is 4.31 Å². The normalized spacial score (nSPS) is 27.7. The average Bonchev–Trinajstić information content (AvgIpc) is 2.82. The molecule has 0 saturated carbocycles. The van der Waals surface area contributed by atoms with Gasteiger partial charge in [-0.3, -0.25) is 0 Å². The lowest BCUT2D eigenvalue weighted by molar-refractivity contribution is 0.126. The molecule has 0 spiro atoms. The van der Waals surface area contributed by atoms with Crippen molar-refractivity contribution in [2.24, 2.45) is 11.7 Å². The molecule has 2 N–H and O–H groups in total. The third-order valence-corrected chi connectivity index (χ3v) is 5.91. The molecule has 0 radical (unpaired) electrons. The Morgan fingerprint density at radius 3 is 2.50 bits per heavy atom. The Hall–Kier alpha value is -0.170. The lowest BCUT2D eigenvalue weighted by Crippen LogP contribution is -2.42. The molecule has 0 bridgehead atoms. The fraction of sp³-hybridized carbons (Fsp3) is 1.00. The van der Waals surface area contributed by atoms with Gasteiger partial charge in [0.05, 0.1) is 11.9 Å². The van der Waals surface area contributed by atoms with Crippen molar-refractivity contribution in [3.8, 4) is 0 Å². The lowest BCUT2D eigenvalue weighted by atomic mass is 9.95. The van der Waals surface area contributed by atoms with Gasteiger partial charge in [0.2, 0.25) is 10.0 Å². The van der Waals surface area contributed by atoms with Gasteiger partial charge in [-0.1, -0.05) is 0 Å². The zero-order valence-corrected chi connectivity index (χ0v) is 11.7. The number of nitrogens with two attached hydrogens (primary N) is 1. The Morgan fingerprint density at radius 1 is 1.22 bits per heavy atom. The third kappa shape index (κ3) is 3.66. The minimum atomic E-state index is -3.13. The number of hydrogen-bond donors (Lipinski definition) is 1. The van der Waals surface area contributed by atoms with Crippen LogP contribution < -0.4 is 5.73 Å². The Morgan fingerprint density at radius 2 is 1.94 bits per heavy atom. The van der Waals surface area contributed by atoms with Gasteiger partial charge in [-0.25, -0.2) is 12.7 Å². The minimum absolute atomic E-state index is 0.0863.